The molecule has 0 radical (unpaired) electrons. The molecule has 0 aliphatic heterocycles. The molecule has 0 bridgehead atoms. The molecule has 2 aromatic rings. The number of hydrogen-bond acceptors (Lipinski definition) is 5. The first-order valence-electron chi connectivity index (χ1n) is 5.01. The number of furan rings is 1. The van der Waals surface area contributed by atoms with E-state index >= 15 is 0 Å². The average molecular weight is 270 g/mol. The number of Topliss-reactive ketones (excluding diaryl/α,β-unsaturated/α-hetero) is 1. The third-order valence-corrected chi connectivity index (χ3v) is 2.40. The van der Waals surface area contributed by atoms with Crippen LogP contribution in [0.1, 0.15) is 20.9 Å². The summed E-state index contributed by atoms with van der Waals surface area (Å²) in [6, 6.07) is 6.37. The molecular formula is C12H12ClNO4. The fourth-order valence-electron chi connectivity index (χ4n) is 1.53. The standard InChI is InChI=1S/C12H11NO4.ClH/c1-16-12(15)7-2-3-10-8(4-7)5-11(17-10)9(14)6-13;/h2-5H,6,13H2,1H3;1H. The summed E-state index contributed by atoms with van der Waals surface area (Å²) in [5.74, 6) is -0.509. The molecule has 0 amide bonds. The molecule has 1 heterocycles. The number of nitrogens with two attached hydrogens (primary N) is 1. The van der Waals surface area contributed by atoms with Crippen molar-refractivity contribution in [1.29, 1.82) is 0 Å². The number of benzene rings is 1. The highest BCUT2D eigenvalue weighted by atomic mass is 35.5. The van der Waals surface area contributed by atoms with Gasteiger partial charge in [-0.25, -0.2) is 4.79 Å². The first-order valence-corrected chi connectivity index (χ1v) is 5.01. The van der Waals surface area contributed by atoms with Gasteiger partial charge in [-0.15, -0.1) is 12.4 Å². The number of hydrogen-bond donors (Lipinski definition) is 1. The lowest BCUT2D eigenvalue weighted by atomic mass is 10.1. The molecule has 18 heavy (non-hydrogen) atoms. The zero-order chi connectivity index (χ0) is 12.4. The number of esters is 1. The molecule has 0 unspecified atom stereocenters. The predicted octanol–water partition coefficient (Wildman–Crippen LogP) is 1.78. The number of methoxy groups -OCH3 is 1. The first kappa shape index (κ1) is 14.2. The molecule has 2 N–H and O–H groups in total. The Hall–Kier alpha value is -1.85. The van der Waals surface area contributed by atoms with Crippen molar-refractivity contribution < 1.29 is 18.7 Å². The van der Waals surface area contributed by atoms with E-state index in [1.165, 1.54) is 7.11 Å². The molecule has 96 valence electrons. The second kappa shape index (κ2) is 5.66. The molecule has 0 spiro atoms. The fourth-order valence-corrected chi connectivity index (χ4v) is 1.53. The quantitative estimate of drug-likeness (QED) is 0.678. The monoisotopic (exact) mass is 269 g/mol. The summed E-state index contributed by atoms with van der Waals surface area (Å²) in [5, 5.41) is 0.671. The normalized spacial score (nSPS) is 9.89. The summed E-state index contributed by atoms with van der Waals surface area (Å²) in [6.45, 7) is -0.107. The number of ether oxygens (including phenoxy) is 1. The highest BCUT2D eigenvalue weighted by Crippen LogP contribution is 2.21. The zero-order valence-electron chi connectivity index (χ0n) is 9.64. The largest absolute Gasteiger partial charge is 0.465 e. The van der Waals surface area contributed by atoms with Crippen LogP contribution in [0.25, 0.3) is 11.0 Å². The van der Waals surface area contributed by atoms with Crippen molar-refractivity contribution in [2.24, 2.45) is 5.73 Å². The Kier molecular flexibility index (Phi) is 4.47. The van der Waals surface area contributed by atoms with Gasteiger partial charge in [-0.3, -0.25) is 4.79 Å². The predicted molar refractivity (Wildman–Crippen MR) is 68.2 cm³/mol. The van der Waals surface area contributed by atoms with Gasteiger partial charge in [-0.05, 0) is 24.3 Å². The highest BCUT2D eigenvalue weighted by Gasteiger charge is 2.12. The summed E-state index contributed by atoms with van der Waals surface area (Å²) in [4.78, 5) is 22.7. The Morgan fingerprint density at radius 1 is 1.33 bits per heavy atom. The number of rotatable bonds is 3. The van der Waals surface area contributed by atoms with Crippen LogP contribution >= 0.6 is 12.4 Å². The van der Waals surface area contributed by atoms with E-state index in [0.29, 0.717) is 16.5 Å². The molecule has 0 aliphatic carbocycles. The molecule has 0 saturated carbocycles. The third-order valence-electron chi connectivity index (χ3n) is 2.40. The van der Waals surface area contributed by atoms with Crippen LogP contribution in [0.5, 0.6) is 0 Å². The van der Waals surface area contributed by atoms with Crippen LogP contribution < -0.4 is 5.73 Å². The molecule has 1 aromatic heterocycles. The van der Waals surface area contributed by atoms with Gasteiger partial charge in [-0.2, -0.15) is 0 Å². The number of fused-ring (bicyclic) bond motifs is 1. The van der Waals surface area contributed by atoms with Gasteiger partial charge >= 0.3 is 5.97 Å². The molecule has 0 atom stereocenters. The van der Waals surface area contributed by atoms with Crippen LogP contribution in [0.3, 0.4) is 0 Å². The molecule has 6 heteroatoms. The Balaban J connectivity index is 0.00000162. The van der Waals surface area contributed by atoms with Gasteiger partial charge in [-0.1, -0.05) is 0 Å². The molecule has 0 saturated heterocycles. The van der Waals surface area contributed by atoms with Gasteiger partial charge in [0.2, 0.25) is 5.78 Å². The topological polar surface area (TPSA) is 82.5 Å². The van der Waals surface area contributed by atoms with Crippen LogP contribution in [-0.2, 0) is 4.74 Å². The van der Waals surface area contributed by atoms with Crippen molar-refractivity contribution in [3.8, 4) is 0 Å². The zero-order valence-corrected chi connectivity index (χ0v) is 10.5. The van der Waals surface area contributed by atoms with Crippen LogP contribution in [0.15, 0.2) is 28.7 Å². The summed E-state index contributed by atoms with van der Waals surface area (Å²) in [7, 11) is 1.31. The summed E-state index contributed by atoms with van der Waals surface area (Å²) < 4.78 is 9.91. The maximum atomic E-state index is 11.3. The summed E-state index contributed by atoms with van der Waals surface area (Å²) in [6.07, 6.45) is 0. The van der Waals surface area contributed by atoms with E-state index in [9.17, 15) is 9.59 Å². The van der Waals surface area contributed by atoms with E-state index in [1.807, 2.05) is 0 Å². The van der Waals surface area contributed by atoms with Crippen molar-refractivity contribution in [2.75, 3.05) is 13.7 Å². The van der Waals surface area contributed by atoms with Gasteiger partial charge in [0.05, 0.1) is 19.2 Å². The number of carbonyl (C=O) groups excluding carboxylic acids is 2. The Bertz CT molecular complexity index is 577. The van der Waals surface area contributed by atoms with Crippen LogP contribution in [0.4, 0.5) is 0 Å². The third kappa shape index (κ3) is 2.52. The van der Waals surface area contributed by atoms with Crippen molar-refractivity contribution in [1.82, 2.24) is 0 Å². The lowest BCUT2D eigenvalue weighted by molar-refractivity contribution is 0.0601. The Morgan fingerprint density at radius 2 is 2.06 bits per heavy atom. The van der Waals surface area contributed by atoms with E-state index in [1.54, 1.807) is 24.3 Å². The van der Waals surface area contributed by atoms with E-state index in [2.05, 4.69) is 4.74 Å². The van der Waals surface area contributed by atoms with Gasteiger partial charge in [0, 0.05) is 5.39 Å². The average Bonchev–Trinajstić information content (AvgIpc) is 2.79. The van der Waals surface area contributed by atoms with Crippen molar-refractivity contribution >= 4 is 35.1 Å². The van der Waals surface area contributed by atoms with Crippen molar-refractivity contribution in [3.63, 3.8) is 0 Å². The SMILES string of the molecule is COC(=O)c1ccc2oc(C(=O)CN)cc2c1.Cl. The first-order chi connectivity index (χ1) is 8.15. The Labute approximate surface area is 109 Å². The molecular weight excluding hydrogens is 258 g/mol. The van der Waals surface area contributed by atoms with Crippen LogP contribution in [0, 0.1) is 0 Å². The molecule has 5 nitrogen and oxygen atoms in total. The second-order valence-electron chi connectivity index (χ2n) is 3.48. The van der Waals surface area contributed by atoms with Gasteiger partial charge in [0.25, 0.3) is 0 Å². The summed E-state index contributed by atoms with van der Waals surface area (Å²) in [5.41, 5.74) is 6.19. The van der Waals surface area contributed by atoms with E-state index in [-0.39, 0.29) is 30.5 Å². The van der Waals surface area contributed by atoms with Crippen molar-refractivity contribution in [2.45, 2.75) is 0 Å². The molecule has 0 fully saturated rings. The number of halogens is 1. The van der Waals surface area contributed by atoms with Gasteiger partial charge in [0.1, 0.15) is 5.58 Å². The Morgan fingerprint density at radius 3 is 2.67 bits per heavy atom. The lowest BCUT2D eigenvalue weighted by Gasteiger charge is -1.97. The van der Waals surface area contributed by atoms with Crippen LogP contribution in [-0.4, -0.2) is 25.4 Å². The maximum Gasteiger partial charge on any atom is 0.337 e. The van der Waals surface area contributed by atoms with E-state index in [4.69, 9.17) is 10.2 Å². The minimum Gasteiger partial charge on any atom is -0.465 e. The smallest absolute Gasteiger partial charge is 0.337 e. The lowest BCUT2D eigenvalue weighted by Crippen LogP contribution is -2.12. The van der Waals surface area contributed by atoms with E-state index < -0.39 is 5.97 Å². The van der Waals surface area contributed by atoms with Crippen molar-refractivity contribution in [3.05, 3.63) is 35.6 Å². The van der Waals surface area contributed by atoms with Crippen LogP contribution in [0.2, 0.25) is 0 Å². The maximum absolute atomic E-state index is 11.3. The summed E-state index contributed by atoms with van der Waals surface area (Å²) >= 11 is 0. The van der Waals surface area contributed by atoms with Gasteiger partial charge < -0.3 is 14.9 Å². The number of carbonyl (C=O) groups is 2. The van der Waals surface area contributed by atoms with Gasteiger partial charge in [0.15, 0.2) is 5.76 Å². The molecule has 2 rings (SSSR count). The highest BCUT2D eigenvalue weighted by molar-refractivity contribution is 6.00. The second-order valence-corrected chi connectivity index (χ2v) is 3.48. The minimum atomic E-state index is -0.431. The fraction of sp³-hybridized carbons (Fsp3) is 0.167. The molecule has 0 aliphatic rings. The minimum absolute atomic E-state index is 0. The van der Waals surface area contributed by atoms with E-state index in [0.717, 1.165) is 0 Å². The number of ketones is 1. The molecule has 1 aromatic carbocycles.